The molecule has 0 bridgehead atoms. The van der Waals surface area contributed by atoms with Crippen LogP contribution in [0.25, 0.3) is 11.0 Å². The van der Waals surface area contributed by atoms with Crippen molar-refractivity contribution in [3.8, 4) is 5.75 Å². The van der Waals surface area contributed by atoms with Crippen LogP contribution in [-0.4, -0.2) is 33.5 Å². The van der Waals surface area contributed by atoms with Crippen LogP contribution in [0.1, 0.15) is 26.8 Å². The van der Waals surface area contributed by atoms with Gasteiger partial charge in [0, 0.05) is 12.1 Å². The van der Waals surface area contributed by atoms with Crippen molar-refractivity contribution in [2.24, 2.45) is 5.92 Å². The summed E-state index contributed by atoms with van der Waals surface area (Å²) in [5.41, 5.74) is 1.83. The summed E-state index contributed by atoms with van der Waals surface area (Å²) in [6.45, 7) is 6.41. The molecule has 1 aromatic carbocycles. The van der Waals surface area contributed by atoms with Crippen LogP contribution >= 0.6 is 11.8 Å². The van der Waals surface area contributed by atoms with Gasteiger partial charge in [-0.1, -0.05) is 25.6 Å². The minimum atomic E-state index is -0.839. The highest BCUT2D eigenvalue weighted by Gasteiger charge is 2.19. The lowest BCUT2D eigenvalue weighted by Gasteiger charge is -2.20. The molecule has 0 spiro atoms. The Hall–Kier alpha value is -1.69. The van der Waals surface area contributed by atoms with Crippen molar-refractivity contribution < 1.29 is 14.6 Å². The van der Waals surface area contributed by atoms with E-state index in [0.717, 1.165) is 21.9 Å². The molecule has 0 saturated heterocycles. The van der Waals surface area contributed by atoms with E-state index in [1.54, 1.807) is 7.11 Å². The highest BCUT2D eigenvalue weighted by atomic mass is 32.2. The molecule has 1 aromatic heterocycles. The molecule has 1 N–H and O–H groups in total. The minimum Gasteiger partial charge on any atom is -0.497 e. The van der Waals surface area contributed by atoms with Gasteiger partial charge in [0.1, 0.15) is 5.75 Å². The molecule has 1 heterocycles. The number of benzene rings is 1. The minimum absolute atomic E-state index is 0.00523. The Balaban J connectivity index is 2.53. The van der Waals surface area contributed by atoms with Gasteiger partial charge in [0.2, 0.25) is 0 Å². The number of ether oxygens (including phenoxy) is 1. The van der Waals surface area contributed by atoms with Gasteiger partial charge in [-0.15, -0.1) is 0 Å². The van der Waals surface area contributed by atoms with Gasteiger partial charge >= 0.3 is 5.97 Å². The van der Waals surface area contributed by atoms with E-state index in [1.165, 1.54) is 11.8 Å². The summed E-state index contributed by atoms with van der Waals surface area (Å²) < 4.78 is 7.35. The number of imidazole rings is 1. The monoisotopic (exact) mass is 308 g/mol. The van der Waals surface area contributed by atoms with Gasteiger partial charge in [-0.05, 0) is 25.0 Å². The van der Waals surface area contributed by atoms with Crippen LogP contribution in [-0.2, 0) is 4.79 Å². The molecule has 114 valence electrons. The smallest absolute Gasteiger partial charge is 0.313 e. The van der Waals surface area contributed by atoms with Gasteiger partial charge in [-0.2, -0.15) is 0 Å². The maximum Gasteiger partial charge on any atom is 0.313 e. The van der Waals surface area contributed by atoms with E-state index in [-0.39, 0.29) is 11.8 Å². The highest BCUT2D eigenvalue weighted by molar-refractivity contribution is 7.99. The Morgan fingerprint density at radius 1 is 1.43 bits per heavy atom. The predicted molar refractivity (Wildman–Crippen MR) is 84.2 cm³/mol. The normalized spacial score (nSPS) is 12.8. The van der Waals surface area contributed by atoms with Crippen LogP contribution in [0.3, 0.4) is 0 Å². The standard InChI is InChI=1S/C15H20N2O3S/c1-9(2)10(3)17-13-6-5-11(20-4)7-12(13)16-15(17)21-8-14(18)19/h5-7,9-10H,8H2,1-4H3,(H,18,19). The maximum atomic E-state index is 10.8. The lowest BCUT2D eigenvalue weighted by molar-refractivity contribution is -0.133. The van der Waals surface area contributed by atoms with Crippen molar-refractivity contribution >= 4 is 28.8 Å². The number of hydrogen-bond acceptors (Lipinski definition) is 4. The molecule has 21 heavy (non-hydrogen) atoms. The van der Waals surface area contributed by atoms with Crippen LogP contribution < -0.4 is 4.74 Å². The summed E-state index contributed by atoms with van der Waals surface area (Å²) in [7, 11) is 1.62. The number of methoxy groups -OCH3 is 1. The van der Waals surface area contributed by atoms with Gasteiger partial charge in [0.25, 0.3) is 0 Å². The summed E-state index contributed by atoms with van der Waals surface area (Å²) in [4.78, 5) is 15.4. The lowest BCUT2D eigenvalue weighted by atomic mass is 10.1. The van der Waals surface area contributed by atoms with Crippen molar-refractivity contribution in [2.75, 3.05) is 12.9 Å². The van der Waals surface area contributed by atoms with Gasteiger partial charge in [-0.25, -0.2) is 4.98 Å². The number of thioether (sulfide) groups is 1. The van der Waals surface area contributed by atoms with Crippen molar-refractivity contribution in [2.45, 2.75) is 32.0 Å². The molecule has 0 radical (unpaired) electrons. The third-order valence-corrected chi connectivity index (χ3v) is 4.50. The molecule has 2 aromatic rings. The SMILES string of the molecule is COc1ccc2c(c1)nc(SCC(=O)O)n2C(C)C(C)C. The molecule has 0 aliphatic heterocycles. The van der Waals surface area contributed by atoms with Gasteiger partial charge in [-0.3, -0.25) is 4.79 Å². The fourth-order valence-corrected chi connectivity index (χ4v) is 2.92. The zero-order valence-corrected chi connectivity index (χ0v) is 13.5. The van der Waals surface area contributed by atoms with Crippen LogP contribution in [0.4, 0.5) is 0 Å². The average Bonchev–Trinajstić information content (AvgIpc) is 2.81. The van der Waals surface area contributed by atoms with Gasteiger partial charge < -0.3 is 14.4 Å². The Morgan fingerprint density at radius 2 is 2.14 bits per heavy atom. The Kier molecular flexibility index (Phi) is 4.77. The number of fused-ring (bicyclic) bond motifs is 1. The summed E-state index contributed by atoms with van der Waals surface area (Å²) in [6.07, 6.45) is 0. The van der Waals surface area contributed by atoms with Crippen LogP contribution in [0, 0.1) is 5.92 Å². The molecule has 0 aliphatic rings. The molecule has 2 rings (SSSR count). The van der Waals surface area contributed by atoms with Crippen LogP contribution in [0.2, 0.25) is 0 Å². The molecule has 0 aliphatic carbocycles. The van der Waals surface area contributed by atoms with Crippen LogP contribution in [0.5, 0.6) is 5.75 Å². The molecular weight excluding hydrogens is 288 g/mol. The van der Waals surface area contributed by atoms with E-state index in [1.807, 2.05) is 18.2 Å². The highest BCUT2D eigenvalue weighted by Crippen LogP contribution is 2.32. The number of carbonyl (C=O) groups is 1. The van der Waals surface area contributed by atoms with E-state index in [2.05, 4.69) is 30.3 Å². The molecule has 0 fully saturated rings. The number of hydrogen-bond donors (Lipinski definition) is 1. The second kappa shape index (κ2) is 6.39. The number of nitrogens with zero attached hydrogens (tertiary/aromatic N) is 2. The van der Waals surface area contributed by atoms with E-state index in [0.29, 0.717) is 5.92 Å². The summed E-state index contributed by atoms with van der Waals surface area (Å²) in [6, 6.07) is 5.99. The quantitative estimate of drug-likeness (QED) is 0.828. The fraction of sp³-hybridized carbons (Fsp3) is 0.467. The van der Waals surface area contributed by atoms with E-state index in [9.17, 15) is 4.79 Å². The first kappa shape index (κ1) is 15.7. The fourth-order valence-electron chi connectivity index (χ4n) is 2.10. The second-order valence-corrected chi connectivity index (χ2v) is 6.23. The third kappa shape index (κ3) is 3.32. The third-order valence-electron chi connectivity index (χ3n) is 3.56. The van der Waals surface area contributed by atoms with Crippen molar-refractivity contribution in [1.29, 1.82) is 0 Å². The Bertz CT molecular complexity index is 652. The molecule has 0 saturated carbocycles. The number of rotatable bonds is 6. The number of aromatic nitrogens is 2. The van der Waals surface area contributed by atoms with Crippen LogP contribution in [0.15, 0.2) is 23.4 Å². The number of carboxylic acids is 1. The molecular formula is C15H20N2O3S. The van der Waals surface area contributed by atoms with Crippen molar-refractivity contribution in [1.82, 2.24) is 9.55 Å². The second-order valence-electron chi connectivity index (χ2n) is 5.29. The molecule has 1 unspecified atom stereocenters. The predicted octanol–water partition coefficient (Wildman–Crippen LogP) is 3.44. The largest absolute Gasteiger partial charge is 0.497 e. The molecule has 0 amide bonds. The average molecular weight is 308 g/mol. The number of aliphatic carboxylic acids is 1. The zero-order valence-electron chi connectivity index (χ0n) is 12.7. The first-order chi connectivity index (χ1) is 9.93. The van der Waals surface area contributed by atoms with Gasteiger partial charge in [0.15, 0.2) is 5.16 Å². The number of carboxylic acid groups (broad SMARTS) is 1. The van der Waals surface area contributed by atoms with Crippen molar-refractivity contribution in [3.05, 3.63) is 18.2 Å². The first-order valence-electron chi connectivity index (χ1n) is 6.84. The zero-order chi connectivity index (χ0) is 15.6. The Labute approximate surface area is 128 Å². The molecule has 1 atom stereocenters. The van der Waals surface area contributed by atoms with E-state index >= 15 is 0 Å². The first-order valence-corrected chi connectivity index (χ1v) is 7.83. The molecule has 6 heteroatoms. The summed E-state index contributed by atoms with van der Waals surface area (Å²) in [5, 5.41) is 9.63. The van der Waals surface area contributed by atoms with E-state index < -0.39 is 5.97 Å². The Morgan fingerprint density at radius 3 is 2.71 bits per heavy atom. The van der Waals surface area contributed by atoms with E-state index in [4.69, 9.17) is 9.84 Å². The topological polar surface area (TPSA) is 64.3 Å². The maximum absolute atomic E-state index is 10.8. The summed E-state index contributed by atoms with van der Waals surface area (Å²) >= 11 is 1.25. The summed E-state index contributed by atoms with van der Waals surface area (Å²) in [5.74, 6) is 0.340. The van der Waals surface area contributed by atoms with Crippen molar-refractivity contribution in [3.63, 3.8) is 0 Å². The molecule has 5 nitrogen and oxygen atoms in total. The van der Waals surface area contributed by atoms with Gasteiger partial charge in [0.05, 0.1) is 23.9 Å². The lowest BCUT2D eigenvalue weighted by Crippen LogP contribution is -2.13.